The first-order valence-electron chi connectivity index (χ1n) is 14.2. The van der Waals surface area contributed by atoms with E-state index in [4.69, 9.17) is 21.3 Å². The van der Waals surface area contributed by atoms with Crippen molar-refractivity contribution < 1.29 is 14.2 Å². The van der Waals surface area contributed by atoms with E-state index in [1.165, 1.54) is 0 Å². The van der Waals surface area contributed by atoms with Gasteiger partial charge in [-0.25, -0.2) is 4.39 Å². The predicted molar refractivity (Wildman–Crippen MR) is 157 cm³/mol. The number of aromatic hydroxyl groups is 1. The molecule has 7 rings (SSSR count). The van der Waals surface area contributed by atoms with Gasteiger partial charge >= 0.3 is 6.01 Å². The third-order valence-electron chi connectivity index (χ3n) is 8.90. The molecule has 0 radical (unpaired) electrons. The number of hydrogen-bond acceptors (Lipinski definition) is 7. The van der Waals surface area contributed by atoms with E-state index >= 15 is 4.39 Å². The number of nitrogens with zero attached hydrogens (tertiary/aromatic N) is 4. The van der Waals surface area contributed by atoms with Crippen LogP contribution in [-0.2, 0) is 0 Å². The van der Waals surface area contributed by atoms with Crippen LogP contribution in [-0.4, -0.2) is 71.4 Å². The molecule has 2 N–H and O–H groups in total. The summed E-state index contributed by atoms with van der Waals surface area (Å²) in [6.07, 6.45) is 5.44. The highest BCUT2D eigenvalue weighted by atomic mass is 35.5. The number of fused-ring (bicyclic) bond motifs is 4. The molecule has 3 saturated heterocycles. The number of piperidine rings is 1. The van der Waals surface area contributed by atoms with Gasteiger partial charge in [0.15, 0.2) is 5.82 Å². The van der Waals surface area contributed by atoms with E-state index < -0.39 is 5.82 Å². The minimum absolute atomic E-state index is 0.0472. The Morgan fingerprint density at radius 1 is 1.05 bits per heavy atom. The van der Waals surface area contributed by atoms with Crippen molar-refractivity contribution in [2.75, 3.05) is 38.2 Å². The van der Waals surface area contributed by atoms with E-state index in [2.05, 4.69) is 27.1 Å². The van der Waals surface area contributed by atoms with Crippen molar-refractivity contribution in [3.05, 3.63) is 53.3 Å². The Hall–Kier alpha value is -3.20. The second kappa shape index (κ2) is 10.3. The zero-order valence-electron chi connectivity index (χ0n) is 22.5. The summed E-state index contributed by atoms with van der Waals surface area (Å²) in [5, 5.41) is 16.5. The number of nitrogens with one attached hydrogen (secondary N) is 1. The summed E-state index contributed by atoms with van der Waals surface area (Å²) in [7, 11) is 2.10. The van der Waals surface area contributed by atoms with Crippen molar-refractivity contribution in [1.82, 2.24) is 20.2 Å². The Morgan fingerprint density at radius 3 is 2.62 bits per heavy atom. The van der Waals surface area contributed by atoms with Gasteiger partial charge in [-0.3, -0.25) is 0 Å². The number of hydrogen-bond donors (Lipinski definition) is 2. The number of phenols is 1. The summed E-state index contributed by atoms with van der Waals surface area (Å²) in [5.41, 5.74) is 0.922. The minimum atomic E-state index is -0.537. The van der Waals surface area contributed by atoms with Crippen molar-refractivity contribution in [3.63, 3.8) is 0 Å². The highest BCUT2D eigenvalue weighted by Crippen LogP contribution is 2.43. The standard InChI is InChI=1S/C31H33ClFN5O2/c1-37-11-5-9-21(37)17-40-31-35-29-25(30(36-31)38-19-7-4-8-20(38)16-34-15-19)14-26(32)27(28(29)33)24-13-22(39)12-18-6-2-3-10-23(18)24/h2-3,6,10,12-14,19-21,34,39H,4-5,7-9,11,15-17H2,1H3/t19-,20-,21-/m0/s1. The average Bonchev–Trinajstić information content (AvgIpc) is 3.35. The number of ether oxygens (including phenoxy) is 1. The molecule has 4 aromatic rings. The molecule has 3 aliphatic rings. The van der Waals surface area contributed by atoms with Gasteiger partial charge in [-0.05, 0) is 80.2 Å². The average molecular weight is 562 g/mol. The molecule has 40 heavy (non-hydrogen) atoms. The molecule has 0 saturated carbocycles. The second-order valence-electron chi connectivity index (χ2n) is 11.4. The maximum absolute atomic E-state index is 16.7. The molecular formula is C31H33ClFN5O2. The first-order chi connectivity index (χ1) is 19.5. The number of aromatic nitrogens is 2. The second-order valence-corrected chi connectivity index (χ2v) is 11.8. The van der Waals surface area contributed by atoms with Crippen LogP contribution in [0.2, 0.25) is 5.02 Å². The topological polar surface area (TPSA) is 73.8 Å². The number of phenolic OH excluding ortho intramolecular Hbond substituents is 1. The van der Waals surface area contributed by atoms with Crippen molar-refractivity contribution in [2.45, 2.75) is 50.2 Å². The van der Waals surface area contributed by atoms with E-state index in [1.54, 1.807) is 18.2 Å². The van der Waals surface area contributed by atoms with E-state index in [-0.39, 0.29) is 46.0 Å². The van der Waals surface area contributed by atoms with E-state index in [0.717, 1.165) is 62.5 Å². The highest BCUT2D eigenvalue weighted by molar-refractivity contribution is 6.35. The molecule has 3 aliphatic heterocycles. The molecule has 208 valence electrons. The fourth-order valence-electron chi connectivity index (χ4n) is 6.86. The first kappa shape index (κ1) is 25.7. The number of piperazine rings is 1. The Morgan fingerprint density at radius 2 is 1.85 bits per heavy atom. The molecule has 1 aromatic heterocycles. The SMILES string of the molecule is CN1CCC[C@H]1COc1nc(N2[C@H]3CCC[C@H]2CNC3)c2cc(Cl)c(-c3cc(O)cc4ccccc34)c(F)c2n1. The maximum Gasteiger partial charge on any atom is 0.319 e. The van der Waals surface area contributed by atoms with Crippen LogP contribution in [0.25, 0.3) is 32.8 Å². The molecule has 4 heterocycles. The third kappa shape index (κ3) is 4.42. The normalized spacial score (nSPS) is 23.3. The maximum atomic E-state index is 16.7. The molecule has 2 bridgehead atoms. The fraction of sp³-hybridized carbons (Fsp3) is 0.419. The molecular weight excluding hydrogens is 529 g/mol. The van der Waals surface area contributed by atoms with Gasteiger partial charge in [0.05, 0.1) is 5.02 Å². The van der Waals surface area contributed by atoms with Crippen LogP contribution in [0.5, 0.6) is 11.8 Å². The largest absolute Gasteiger partial charge is 0.508 e. The molecule has 0 aliphatic carbocycles. The van der Waals surface area contributed by atoms with Gasteiger partial charge in [0.2, 0.25) is 0 Å². The lowest BCUT2D eigenvalue weighted by Crippen LogP contribution is -2.60. The lowest BCUT2D eigenvalue weighted by Gasteiger charge is -2.47. The smallest absolute Gasteiger partial charge is 0.319 e. The number of halogens is 2. The molecule has 3 atom stereocenters. The number of benzene rings is 3. The summed E-state index contributed by atoms with van der Waals surface area (Å²) in [5.74, 6) is 0.195. The summed E-state index contributed by atoms with van der Waals surface area (Å²) >= 11 is 6.89. The lowest BCUT2D eigenvalue weighted by atomic mass is 9.91. The van der Waals surface area contributed by atoms with E-state index in [9.17, 15) is 5.11 Å². The van der Waals surface area contributed by atoms with Crippen molar-refractivity contribution in [2.24, 2.45) is 0 Å². The van der Waals surface area contributed by atoms with Gasteiger partial charge in [-0.2, -0.15) is 9.97 Å². The first-order valence-corrected chi connectivity index (χ1v) is 14.6. The predicted octanol–water partition coefficient (Wildman–Crippen LogP) is 5.75. The van der Waals surface area contributed by atoms with Gasteiger partial charge in [0.25, 0.3) is 0 Å². The van der Waals surface area contributed by atoms with Crippen LogP contribution < -0.4 is 15.0 Å². The summed E-state index contributed by atoms with van der Waals surface area (Å²) in [6.45, 7) is 3.20. The molecule has 3 fully saturated rings. The number of rotatable bonds is 5. The molecule has 0 unspecified atom stereocenters. The van der Waals surface area contributed by atoms with Crippen LogP contribution in [0.4, 0.5) is 10.2 Å². The third-order valence-corrected chi connectivity index (χ3v) is 9.20. The van der Waals surface area contributed by atoms with Gasteiger partial charge in [0, 0.05) is 42.2 Å². The quantitative estimate of drug-likeness (QED) is 0.321. The number of likely N-dealkylation sites (tertiary alicyclic amines) is 1. The van der Waals surface area contributed by atoms with Crippen LogP contribution in [0, 0.1) is 5.82 Å². The van der Waals surface area contributed by atoms with Crippen molar-refractivity contribution in [3.8, 4) is 22.9 Å². The minimum Gasteiger partial charge on any atom is -0.508 e. The van der Waals surface area contributed by atoms with Crippen LogP contribution in [0.15, 0.2) is 42.5 Å². The lowest BCUT2D eigenvalue weighted by molar-refractivity contribution is 0.188. The molecule has 7 nitrogen and oxygen atoms in total. The van der Waals surface area contributed by atoms with Crippen LogP contribution in [0.3, 0.4) is 0 Å². The van der Waals surface area contributed by atoms with Crippen molar-refractivity contribution >= 4 is 39.1 Å². The Bertz CT molecular complexity index is 1580. The van der Waals surface area contributed by atoms with E-state index in [0.29, 0.717) is 23.4 Å². The summed E-state index contributed by atoms with van der Waals surface area (Å²) in [6, 6.07) is 13.6. The summed E-state index contributed by atoms with van der Waals surface area (Å²) in [4.78, 5) is 14.2. The highest BCUT2D eigenvalue weighted by Gasteiger charge is 2.37. The molecule has 3 aromatic carbocycles. The number of likely N-dealkylation sites (N-methyl/N-ethyl adjacent to an activating group) is 1. The van der Waals surface area contributed by atoms with E-state index in [1.807, 2.05) is 24.3 Å². The Kier molecular flexibility index (Phi) is 6.65. The van der Waals surface area contributed by atoms with Gasteiger partial charge < -0.3 is 25.0 Å². The van der Waals surface area contributed by atoms with Crippen LogP contribution in [0.1, 0.15) is 32.1 Å². The molecule has 9 heteroatoms. The fourth-order valence-corrected chi connectivity index (χ4v) is 7.15. The van der Waals surface area contributed by atoms with Gasteiger partial charge in [-0.1, -0.05) is 35.9 Å². The van der Waals surface area contributed by atoms with Crippen LogP contribution >= 0.6 is 11.6 Å². The Balaban J connectivity index is 1.42. The Labute approximate surface area is 237 Å². The van der Waals surface area contributed by atoms with Gasteiger partial charge in [0.1, 0.15) is 23.7 Å². The zero-order chi connectivity index (χ0) is 27.4. The van der Waals surface area contributed by atoms with Crippen molar-refractivity contribution in [1.29, 1.82) is 0 Å². The number of anilines is 1. The monoisotopic (exact) mass is 561 g/mol. The van der Waals surface area contributed by atoms with Gasteiger partial charge in [-0.15, -0.1) is 0 Å². The molecule has 0 spiro atoms. The summed E-state index contributed by atoms with van der Waals surface area (Å²) < 4.78 is 22.9. The zero-order valence-corrected chi connectivity index (χ0v) is 23.3. The molecule has 0 amide bonds.